The summed E-state index contributed by atoms with van der Waals surface area (Å²) in [6.07, 6.45) is 7.17. The van der Waals surface area contributed by atoms with Gasteiger partial charge < -0.3 is 9.67 Å². The lowest BCUT2D eigenvalue weighted by Crippen LogP contribution is -2.19. The average molecular weight is 224 g/mol. The predicted molar refractivity (Wildman–Crippen MR) is 60.9 cm³/mol. The van der Waals surface area contributed by atoms with E-state index in [1.54, 1.807) is 0 Å². The van der Waals surface area contributed by atoms with Crippen LogP contribution in [-0.2, 0) is 6.42 Å². The quantitative estimate of drug-likeness (QED) is 0.795. The summed E-state index contributed by atoms with van der Waals surface area (Å²) in [5.74, 6) is 2.35. The lowest BCUT2D eigenvalue weighted by molar-refractivity contribution is 0.0757. The number of nitrogens with zero attached hydrogens (tertiary/aromatic N) is 2. The number of imidazole rings is 1. The standard InChI is InChI=1S/C11H16N2OS/c14-10-5-1-3-8-7-12-11(13(8)10)9-4-2-6-15-9/h7,9-10,14H,1-6H2. The highest BCUT2D eigenvalue weighted by molar-refractivity contribution is 7.99. The van der Waals surface area contributed by atoms with Crippen LogP contribution in [0.15, 0.2) is 6.20 Å². The zero-order valence-electron chi connectivity index (χ0n) is 8.72. The van der Waals surface area contributed by atoms with Crippen LogP contribution in [0, 0.1) is 0 Å². The van der Waals surface area contributed by atoms with Crippen LogP contribution in [0.4, 0.5) is 0 Å². The summed E-state index contributed by atoms with van der Waals surface area (Å²) < 4.78 is 2.08. The Kier molecular flexibility index (Phi) is 2.48. The summed E-state index contributed by atoms with van der Waals surface area (Å²) in [5.41, 5.74) is 1.22. The lowest BCUT2D eigenvalue weighted by Gasteiger charge is -2.24. The van der Waals surface area contributed by atoms with Crippen LogP contribution in [0.25, 0.3) is 0 Å². The van der Waals surface area contributed by atoms with E-state index in [-0.39, 0.29) is 6.23 Å². The van der Waals surface area contributed by atoms with Crippen LogP contribution >= 0.6 is 11.8 Å². The van der Waals surface area contributed by atoms with Gasteiger partial charge in [-0.05, 0) is 37.9 Å². The van der Waals surface area contributed by atoms with Gasteiger partial charge in [-0.3, -0.25) is 0 Å². The fraction of sp³-hybridized carbons (Fsp3) is 0.727. The molecule has 2 aliphatic heterocycles. The Morgan fingerprint density at radius 2 is 2.33 bits per heavy atom. The van der Waals surface area contributed by atoms with Crippen molar-refractivity contribution < 1.29 is 5.11 Å². The molecule has 0 spiro atoms. The average Bonchev–Trinajstić information content (AvgIpc) is 2.85. The van der Waals surface area contributed by atoms with Crippen molar-refractivity contribution >= 4 is 11.8 Å². The Labute approximate surface area is 93.9 Å². The van der Waals surface area contributed by atoms with E-state index in [4.69, 9.17) is 0 Å². The molecule has 3 heterocycles. The molecule has 3 rings (SSSR count). The van der Waals surface area contributed by atoms with Gasteiger partial charge in [0.1, 0.15) is 12.1 Å². The first-order valence-corrected chi connectivity index (χ1v) is 6.77. The largest absolute Gasteiger partial charge is 0.373 e. The third kappa shape index (κ3) is 1.60. The molecule has 3 nitrogen and oxygen atoms in total. The molecule has 0 aliphatic carbocycles. The van der Waals surface area contributed by atoms with Gasteiger partial charge in [-0.25, -0.2) is 4.98 Å². The van der Waals surface area contributed by atoms with E-state index >= 15 is 0 Å². The van der Waals surface area contributed by atoms with E-state index in [0.717, 1.165) is 25.1 Å². The van der Waals surface area contributed by atoms with Crippen molar-refractivity contribution in [1.82, 2.24) is 9.55 Å². The second-order valence-electron chi connectivity index (χ2n) is 4.35. The highest BCUT2D eigenvalue weighted by atomic mass is 32.2. The van der Waals surface area contributed by atoms with Gasteiger partial charge in [0.15, 0.2) is 0 Å². The second kappa shape index (κ2) is 3.83. The molecule has 0 saturated carbocycles. The molecule has 0 bridgehead atoms. The summed E-state index contributed by atoms with van der Waals surface area (Å²) in [6.45, 7) is 0. The Morgan fingerprint density at radius 3 is 3.13 bits per heavy atom. The zero-order chi connectivity index (χ0) is 10.3. The fourth-order valence-corrected chi connectivity index (χ4v) is 3.83. The molecule has 1 N–H and O–H groups in total. The predicted octanol–water partition coefficient (Wildman–Crippen LogP) is 2.28. The molecule has 4 heteroatoms. The van der Waals surface area contributed by atoms with Crippen molar-refractivity contribution in [3.8, 4) is 0 Å². The molecule has 2 unspecified atom stereocenters. The Balaban J connectivity index is 1.97. The number of aliphatic hydroxyl groups excluding tert-OH is 1. The summed E-state index contributed by atoms with van der Waals surface area (Å²) in [4.78, 5) is 4.51. The summed E-state index contributed by atoms with van der Waals surface area (Å²) in [6, 6.07) is 0. The highest BCUT2D eigenvalue weighted by Crippen LogP contribution is 2.41. The zero-order valence-corrected chi connectivity index (χ0v) is 9.54. The maximum atomic E-state index is 10.0. The molecular formula is C11H16N2OS. The fourth-order valence-electron chi connectivity index (χ4n) is 2.56. The molecule has 1 aromatic rings. The van der Waals surface area contributed by atoms with Crippen LogP contribution in [0.2, 0.25) is 0 Å². The third-order valence-corrected chi connectivity index (χ3v) is 4.69. The number of aryl methyl sites for hydroxylation is 1. The van der Waals surface area contributed by atoms with E-state index in [1.165, 1.54) is 24.3 Å². The summed E-state index contributed by atoms with van der Waals surface area (Å²) in [7, 11) is 0. The highest BCUT2D eigenvalue weighted by Gasteiger charge is 2.28. The number of rotatable bonds is 1. The number of hydrogen-bond donors (Lipinski definition) is 1. The number of thioether (sulfide) groups is 1. The SMILES string of the molecule is OC1CCCc2cnc(C3CCCS3)n21. The molecule has 82 valence electrons. The molecule has 0 radical (unpaired) electrons. The molecule has 2 aliphatic rings. The summed E-state index contributed by atoms with van der Waals surface area (Å²) in [5, 5.41) is 10.5. The van der Waals surface area contributed by atoms with E-state index in [2.05, 4.69) is 9.55 Å². The molecule has 0 aromatic carbocycles. The number of aliphatic hydroxyl groups is 1. The van der Waals surface area contributed by atoms with E-state index in [0.29, 0.717) is 5.25 Å². The van der Waals surface area contributed by atoms with Gasteiger partial charge in [0.2, 0.25) is 0 Å². The van der Waals surface area contributed by atoms with E-state index < -0.39 is 0 Å². The Bertz CT molecular complexity index is 357. The molecule has 1 aromatic heterocycles. The second-order valence-corrected chi connectivity index (χ2v) is 5.66. The maximum Gasteiger partial charge on any atom is 0.132 e. The maximum absolute atomic E-state index is 10.0. The number of fused-ring (bicyclic) bond motifs is 1. The van der Waals surface area contributed by atoms with Crippen LogP contribution in [0.5, 0.6) is 0 Å². The van der Waals surface area contributed by atoms with Gasteiger partial charge in [0.05, 0.1) is 5.25 Å². The first kappa shape index (κ1) is 9.73. The van der Waals surface area contributed by atoms with Crippen molar-refractivity contribution in [2.75, 3.05) is 5.75 Å². The summed E-state index contributed by atoms with van der Waals surface area (Å²) >= 11 is 1.98. The molecule has 2 atom stereocenters. The third-order valence-electron chi connectivity index (χ3n) is 3.31. The smallest absolute Gasteiger partial charge is 0.132 e. The monoisotopic (exact) mass is 224 g/mol. The van der Waals surface area contributed by atoms with Crippen LogP contribution in [-0.4, -0.2) is 20.4 Å². The van der Waals surface area contributed by atoms with Gasteiger partial charge in [-0.1, -0.05) is 0 Å². The Hall–Kier alpha value is -0.480. The molecular weight excluding hydrogens is 208 g/mol. The molecule has 0 amide bonds. The topological polar surface area (TPSA) is 38.1 Å². The first-order valence-electron chi connectivity index (χ1n) is 5.72. The molecule has 1 saturated heterocycles. The number of aromatic nitrogens is 2. The minimum atomic E-state index is -0.326. The first-order chi connectivity index (χ1) is 7.36. The number of hydrogen-bond acceptors (Lipinski definition) is 3. The van der Waals surface area contributed by atoms with E-state index in [9.17, 15) is 5.11 Å². The molecule has 1 fully saturated rings. The van der Waals surface area contributed by atoms with Gasteiger partial charge in [0, 0.05) is 11.9 Å². The lowest BCUT2D eigenvalue weighted by atomic mass is 10.1. The van der Waals surface area contributed by atoms with Crippen molar-refractivity contribution in [3.63, 3.8) is 0 Å². The minimum absolute atomic E-state index is 0.326. The van der Waals surface area contributed by atoms with Crippen molar-refractivity contribution in [3.05, 3.63) is 17.7 Å². The van der Waals surface area contributed by atoms with Crippen LogP contribution in [0.1, 0.15) is 48.7 Å². The van der Waals surface area contributed by atoms with Crippen LogP contribution < -0.4 is 0 Å². The van der Waals surface area contributed by atoms with Crippen molar-refractivity contribution in [1.29, 1.82) is 0 Å². The van der Waals surface area contributed by atoms with Crippen molar-refractivity contribution in [2.24, 2.45) is 0 Å². The van der Waals surface area contributed by atoms with Gasteiger partial charge >= 0.3 is 0 Å². The van der Waals surface area contributed by atoms with Crippen LogP contribution in [0.3, 0.4) is 0 Å². The molecule has 15 heavy (non-hydrogen) atoms. The van der Waals surface area contributed by atoms with Gasteiger partial charge in [-0.2, -0.15) is 11.8 Å². The normalized spacial score (nSPS) is 30.5. The Morgan fingerprint density at radius 1 is 1.40 bits per heavy atom. The van der Waals surface area contributed by atoms with E-state index in [1.807, 2.05) is 18.0 Å². The van der Waals surface area contributed by atoms with Crippen molar-refractivity contribution in [2.45, 2.75) is 43.6 Å². The van der Waals surface area contributed by atoms with Gasteiger partial charge in [0.25, 0.3) is 0 Å². The minimum Gasteiger partial charge on any atom is -0.373 e. The van der Waals surface area contributed by atoms with Gasteiger partial charge in [-0.15, -0.1) is 0 Å².